The molecule has 2 aromatic rings. The van der Waals surface area contributed by atoms with Gasteiger partial charge in [-0.05, 0) is 74.6 Å². The molecule has 1 atom stereocenters. The molecular formula is C21H24N2O5S. The molecule has 3 amide bonds. The predicted octanol–water partition coefficient (Wildman–Crippen LogP) is 3.30. The molecular weight excluding hydrogens is 392 g/mol. The Bertz CT molecular complexity index is 951. The number of hydrogen-bond donors (Lipinski definition) is 2. The van der Waals surface area contributed by atoms with Crippen molar-refractivity contribution >= 4 is 29.2 Å². The van der Waals surface area contributed by atoms with E-state index in [2.05, 4.69) is 10.6 Å². The molecule has 8 heteroatoms. The average molecular weight is 416 g/mol. The third-order valence-electron chi connectivity index (χ3n) is 4.54. The van der Waals surface area contributed by atoms with Crippen molar-refractivity contribution in [2.75, 3.05) is 7.11 Å². The van der Waals surface area contributed by atoms with E-state index in [4.69, 9.17) is 9.47 Å². The number of esters is 1. The van der Waals surface area contributed by atoms with Crippen LogP contribution in [-0.4, -0.2) is 37.2 Å². The summed E-state index contributed by atoms with van der Waals surface area (Å²) in [5.74, 6) is -0.439. The topological polar surface area (TPSA) is 93.7 Å². The van der Waals surface area contributed by atoms with Gasteiger partial charge in [0.25, 0.3) is 5.91 Å². The second-order valence-corrected chi connectivity index (χ2v) is 8.21. The number of benzene rings is 1. The first-order valence-electron chi connectivity index (χ1n) is 9.40. The molecule has 0 aliphatic heterocycles. The molecule has 0 radical (unpaired) electrons. The number of imide groups is 1. The second-order valence-electron chi connectivity index (χ2n) is 7.15. The van der Waals surface area contributed by atoms with Crippen molar-refractivity contribution in [1.82, 2.24) is 10.6 Å². The molecule has 0 unspecified atom stereocenters. The van der Waals surface area contributed by atoms with Gasteiger partial charge in [-0.15, -0.1) is 11.3 Å². The van der Waals surface area contributed by atoms with Crippen molar-refractivity contribution in [2.24, 2.45) is 0 Å². The van der Waals surface area contributed by atoms with Gasteiger partial charge >= 0.3 is 12.0 Å². The smallest absolute Gasteiger partial charge is 0.349 e. The van der Waals surface area contributed by atoms with Crippen LogP contribution in [0, 0.1) is 0 Å². The third-order valence-corrected chi connectivity index (χ3v) is 5.73. The number of amides is 3. The Labute approximate surface area is 173 Å². The predicted molar refractivity (Wildman–Crippen MR) is 110 cm³/mol. The van der Waals surface area contributed by atoms with Gasteiger partial charge in [-0.1, -0.05) is 0 Å². The van der Waals surface area contributed by atoms with Crippen LogP contribution in [0.25, 0.3) is 10.4 Å². The Morgan fingerprint density at radius 2 is 1.79 bits per heavy atom. The number of nitrogens with one attached hydrogen (secondary N) is 2. The number of carbonyl (C=O) groups is 3. The SMILES string of the molecule is COc1ccc2c(c1)CCc1cc(C(=O)O[C@@H](C)C(=O)NC(=O)NC(C)C)sc1-2. The van der Waals surface area contributed by atoms with E-state index in [1.807, 2.05) is 24.3 Å². The molecule has 1 heterocycles. The van der Waals surface area contributed by atoms with E-state index in [0.717, 1.165) is 34.6 Å². The van der Waals surface area contributed by atoms with Crippen LogP contribution >= 0.6 is 11.3 Å². The highest BCUT2D eigenvalue weighted by molar-refractivity contribution is 7.17. The van der Waals surface area contributed by atoms with Crippen molar-refractivity contribution in [2.45, 2.75) is 45.8 Å². The van der Waals surface area contributed by atoms with Crippen LogP contribution in [0.2, 0.25) is 0 Å². The summed E-state index contributed by atoms with van der Waals surface area (Å²) in [4.78, 5) is 37.7. The summed E-state index contributed by atoms with van der Waals surface area (Å²) in [5, 5.41) is 4.71. The number of hydrogen-bond acceptors (Lipinski definition) is 6. The molecule has 0 spiro atoms. The summed E-state index contributed by atoms with van der Waals surface area (Å²) in [6.07, 6.45) is 0.607. The zero-order chi connectivity index (χ0) is 21.1. The minimum Gasteiger partial charge on any atom is -0.497 e. The van der Waals surface area contributed by atoms with Gasteiger partial charge in [-0.3, -0.25) is 10.1 Å². The highest BCUT2D eigenvalue weighted by Gasteiger charge is 2.25. The fourth-order valence-electron chi connectivity index (χ4n) is 3.12. The van der Waals surface area contributed by atoms with Gasteiger partial charge in [0.05, 0.1) is 7.11 Å². The maximum absolute atomic E-state index is 12.5. The Kier molecular flexibility index (Phi) is 6.22. The fraction of sp³-hybridized carbons (Fsp3) is 0.381. The largest absolute Gasteiger partial charge is 0.497 e. The van der Waals surface area contributed by atoms with E-state index in [1.165, 1.54) is 23.8 Å². The van der Waals surface area contributed by atoms with Crippen LogP contribution in [0.1, 0.15) is 41.6 Å². The molecule has 1 aliphatic rings. The first-order valence-corrected chi connectivity index (χ1v) is 10.2. The second kappa shape index (κ2) is 8.65. The number of methoxy groups -OCH3 is 1. The van der Waals surface area contributed by atoms with Crippen molar-refractivity contribution in [1.29, 1.82) is 0 Å². The quantitative estimate of drug-likeness (QED) is 0.730. The van der Waals surface area contributed by atoms with Gasteiger partial charge in [0.1, 0.15) is 10.6 Å². The molecule has 1 aliphatic carbocycles. The van der Waals surface area contributed by atoms with Gasteiger partial charge in [-0.2, -0.15) is 0 Å². The minimum atomic E-state index is -1.09. The lowest BCUT2D eigenvalue weighted by Gasteiger charge is -2.16. The molecule has 7 nitrogen and oxygen atoms in total. The number of thiophene rings is 1. The van der Waals surface area contributed by atoms with Crippen molar-refractivity contribution < 1.29 is 23.9 Å². The summed E-state index contributed by atoms with van der Waals surface area (Å²) in [6.45, 7) is 4.99. The highest BCUT2D eigenvalue weighted by Crippen LogP contribution is 2.41. The first kappa shape index (κ1) is 20.9. The van der Waals surface area contributed by atoms with Gasteiger partial charge in [0.2, 0.25) is 0 Å². The molecule has 3 rings (SSSR count). The molecule has 1 aromatic heterocycles. The minimum absolute atomic E-state index is 0.110. The van der Waals surface area contributed by atoms with Crippen LogP contribution in [0.5, 0.6) is 5.75 Å². The molecule has 29 heavy (non-hydrogen) atoms. The number of ether oxygens (including phenoxy) is 2. The molecule has 0 saturated carbocycles. The summed E-state index contributed by atoms with van der Waals surface area (Å²) in [7, 11) is 1.64. The summed E-state index contributed by atoms with van der Waals surface area (Å²) >= 11 is 1.35. The lowest BCUT2D eigenvalue weighted by Crippen LogP contribution is -2.46. The number of urea groups is 1. The van der Waals surface area contributed by atoms with Gasteiger partial charge in [0.15, 0.2) is 6.10 Å². The summed E-state index contributed by atoms with van der Waals surface area (Å²) in [5.41, 5.74) is 3.36. The van der Waals surface area contributed by atoms with Crippen LogP contribution in [0.15, 0.2) is 24.3 Å². The monoisotopic (exact) mass is 416 g/mol. The van der Waals surface area contributed by atoms with Crippen LogP contribution in [-0.2, 0) is 22.4 Å². The van der Waals surface area contributed by atoms with E-state index >= 15 is 0 Å². The van der Waals surface area contributed by atoms with Crippen LogP contribution < -0.4 is 15.4 Å². The molecule has 0 bridgehead atoms. The van der Waals surface area contributed by atoms with Crippen molar-refractivity contribution in [3.05, 3.63) is 40.3 Å². The Hall–Kier alpha value is -2.87. The third kappa shape index (κ3) is 4.76. The zero-order valence-electron chi connectivity index (χ0n) is 16.8. The molecule has 154 valence electrons. The van der Waals surface area contributed by atoms with Crippen LogP contribution in [0.4, 0.5) is 4.79 Å². The Balaban J connectivity index is 1.69. The standard InChI is InChI=1S/C21H24N2O5S/c1-11(2)22-21(26)23-19(24)12(3)28-20(25)17-10-14-6-5-13-9-15(27-4)7-8-16(13)18(14)29-17/h7-12H,5-6H2,1-4H3,(H2,22,23,24,26)/t12-/m0/s1. The van der Waals surface area contributed by atoms with Gasteiger partial charge in [0, 0.05) is 10.9 Å². The average Bonchev–Trinajstić information content (AvgIpc) is 3.11. The molecule has 0 saturated heterocycles. The summed E-state index contributed by atoms with van der Waals surface area (Å²) in [6, 6.07) is 7.02. The van der Waals surface area contributed by atoms with E-state index in [0.29, 0.717) is 4.88 Å². The van der Waals surface area contributed by atoms with E-state index in [-0.39, 0.29) is 6.04 Å². The molecule has 1 aromatic carbocycles. The lowest BCUT2D eigenvalue weighted by atomic mass is 9.91. The van der Waals surface area contributed by atoms with Crippen LogP contribution in [0.3, 0.4) is 0 Å². The van der Waals surface area contributed by atoms with E-state index < -0.39 is 24.0 Å². The fourth-order valence-corrected chi connectivity index (χ4v) is 4.28. The normalized spacial score (nSPS) is 13.1. The number of carbonyl (C=O) groups excluding carboxylic acids is 3. The lowest BCUT2D eigenvalue weighted by molar-refractivity contribution is -0.127. The Morgan fingerprint density at radius 3 is 2.48 bits per heavy atom. The number of rotatable bonds is 5. The zero-order valence-corrected chi connectivity index (χ0v) is 17.6. The number of aryl methyl sites for hydroxylation is 2. The van der Waals surface area contributed by atoms with Crippen molar-refractivity contribution in [3.8, 4) is 16.2 Å². The Morgan fingerprint density at radius 1 is 1.07 bits per heavy atom. The van der Waals surface area contributed by atoms with Gasteiger partial charge < -0.3 is 14.8 Å². The first-order chi connectivity index (χ1) is 13.8. The molecule has 2 N–H and O–H groups in total. The summed E-state index contributed by atoms with van der Waals surface area (Å²) < 4.78 is 10.6. The maximum atomic E-state index is 12.5. The van der Waals surface area contributed by atoms with E-state index in [9.17, 15) is 14.4 Å². The van der Waals surface area contributed by atoms with Gasteiger partial charge in [-0.25, -0.2) is 9.59 Å². The highest BCUT2D eigenvalue weighted by atomic mass is 32.1. The number of fused-ring (bicyclic) bond motifs is 3. The molecule has 0 fully saturated rings. The maximum Gasteiger partial charge on any atom is 0.349 e. The van der Waals surface area contributed by atoms with E-state index in [1.54, 1.807) is 21.0 Å². The van der Waals surface area contributed by atoms with Crippen molar-refractivity contribution in [3.63, 3.8) is 0 Å².